The second-order valence-electron chi connectivity index (χ2n) is 3.68. The molecule has 2 rings (SSSR count). The van der Waals surface area contributed by atoms with Gasteiger partial charge in [-0.05, 0) is 36.2 Å². The number of nitrogens with one attached hydrogen (secondary N) is 1. The van der Waals surface area contributed by atoms with Crippen LogP contribution in [0.15, 0.2) is 42.7 Å². The summed E-state index contributed by atoms with van der Waals surface area (Å²) in [5.41, 5.74) is 2.52. The Kier molecular flexibility index (Phi) is 7.32. The lowest BCUT2D eigenvalue weighted by atomic mass is 10.2. The van der Waals surface area contributed by atoms with Gasteiger partial charge in [0.25, 0.3) is 0 Å². The lowest BCUT2D eigenvalue weighted by Crippen LogP contribution is -2.00. The summed E-state index contributed by atoms with van der Waals surface area (Å²) in [6.07, 6.45) is 3.52. The molecule has 1 aromatic carbocycles. The molecule has 5 heteroatoms. The number of benzene rings is 1. The first-order valence-corrected chi connectivity index (χ1v) is 5.14. The molecule has 0 saturated heterocycles. The number of halogens is 3. The monoisotopic (exact) mass is 288 g/mol. The molecule has 0 radical (unpaired) electrons. The van der Waals surface area contributed by atoms with Gasteiger partial charge in [-0.15, -0.1) is 24.8 Å². The lowest BCUT2D eigenvalue weighted by Gasteiger charge is -2.07. The maximum absolute atomic E-state index is 13.3. The summed E-state index contributed by atoms with van der Waals surface area (Å²) in [6.45, 7) is 2.40. The number of aromatic nitrogens is 1. The summed E-state index contributed by atoms with van der Waals surface area (Å²) in [7, 11) is 0. The van der Waals surface area contributed by atoms with Crippen LogP contribution in [0.1, 0.15) is 11.1 Å². The van der Waals surface area contributed by atoms with Gasteiger partial charge in [0.05, 0.1) is 0 Å². The molecule has 0 saturated carbocycles. The van der Waals surface area contributed by atoms with E-state index in [0.717, 1.165) is 11.3 Å². The van der Waals surface area contributed by atoms with Gasteiger partial charge in [-0.1, -0.05) is 12.1 Å². The molecule has 0 spiro atoms. The van der Waals surface area contributed by atoms with Crippen LogP contribution < -0.4 is 5.32 Å². The maximum Gasteiger partial charge on any atom is 0.128 e. The van der Waals surface area contributed by atoms with Crippen molar-refractivity contribution >= 4 is 30.5 Å². The van der Waals surface area contributed by atoms with Crippen molar-refractivity contribution in [1.82, 2.24) is 4.98 Å². The van der Waals surface area contributed by atoms with E-state index in [1.807, 2.05) is 18.2 Å². The normalized spacial score (nSPS) is 9.00. The predicted molar refractivity (Wildman–Crippen MR) is 77.2 cm³/mol. The Morgan fingerprint density at radius 1 is 1.22 bits per heavy atom. The summed E-state index contributed by atoms with van der Waals surface area (Å²) in [5.74, 6) is -0.184. The molecular formula is C13H15Cl2FN2. The van der Waals surface area contributed by atoms with Crippen molar-refractivity contribution in [2.75, 3.05) is 5.32 Å². The Bertz CT molecular complexity index is 478. The Hall–Kier alpha value is -1.32. The fraction of sp³-hybridized carbons (Fsp3) is 0.154. The van der Waals surface area contributed by atoms with E-state index in [-0.39, 0.29) is 30.6 Å². The molecule has 98 valence electrons. The first-order valence-electron chi connectivity index (χ1n) is 5.14. The predicted octanol–water partition coefficient (Wildman–Crippen LogP) is 3.98. The molecule has 1 N–H and O–H groups in total. The van der Waals surface area contributed by atoms with Crippen LogP contribution in [0.25, 0.3) is 0 Å². The van der Waals surface area contributed by atoms with Crippen LogP contribution in [0, 0.1) is 12.7 Å². The molecule has 0 amide bonds. The minimum Gasteiger partial charge on any atom is -0.381 e. The molecule has 0 fully saturated rings. The van der Waals surface area contributed by atoms with Gasteiger partial charge in [-0.25, -0.2) is 4.39 Å². The fourth-order valence-corrected chi connectivity index (χ4v) is 1.41. The third-order valence-electron chi connectivity index (χ3n) is 2.39. The fourth-order valence-electron chi connectivity index (χ4n) is 1.41. The molecule has 0 aliphatic heterocycles. The molecule has 1 aromatic heterocycles. The van der Waals surface area contributed by atoms with Gasteiger partial charge < -0.3 is 5.32 Å². The van der Waals surface area contributed by atoms with Crippen LogP contribution in [0.4, 0.5) is 10.1 Å². The minimum atomic E-state index is -0.184. The molecular weight excluding hydrogens is 274 g/mol. The molecule has 2 nitrogen and oxygen atoms in total. The largest absolute Gasteiger partial charge is 0.381 e. The van der Waals surface area contributed by atoms with Crippen LogP contribution in [0.5, 0.6) is 0 Å². The summed E-state index contributed by atoms with van der Waals surface area (Å²) in [5, 5.41) is 3.15. The Labute approximate surface area is 118 Å². The number of rotatable bonds is 3. The third-order valence-corrected chi connectivity index (χ3v) is 2.39. The van der Waals surface area contributed by atoms with Gasteiger partial charge in [0.15, 0.2) is 0 Å². The number of pyridine rings is 1. The molecule has 18 heavy (non-hydrogen) atoms. The Morgan fingerprint density at radius 2 is 2.00 bits per heavy atom. The average molecular weight is 289 g/mol. The van der Waals surface area contributed by atoms with Gasteiger partial charge in [-0.3, -0.25) is 4.98 Å². The van der Waals surface area contributed by atoms with Gasteiger partial charge >= 0.3 is 0 Å². The highest BCUT2D eigenvalue weighted by Crippen LogP contribution is 2.14. The van der Waals surface area contributed by atoms with E-state index in [0.29, 0.717) is 12.1 Å². The number of aryl methyl sites for hydroxylation is 1. The first-order chi connectivity index (χ1) is 7.75. The second-order valence-corrected chi connectivity index (χ2v) is 3.68. The summed E-state index contributed by atoms with van der Waals surface area (Å²) < 4.78 is 13.3. The zero-order valence-corrected chi connectivity index (χ0v) is 11.5. The zero-order chi connectivity index (χ0) is 11.4. The third kappa shape index (κ3) is 4.51. The van der Waals surface area contributed by atoms with Crippen molar-refractivity contribution < 1.29 is 4.39 Å². The summed E-state index contributed by atoms with van der Waals surface area (Å²) >= 11 is 0. The zero-order valence-electron chi connectivity index (χ0n) is 9.89. The van der Waals surface area contributed by atoms with Crippen molar-refractivity contribution in [2.24, 2.45) is 0 Å². The highest BCUT2D eigenvalue weighted by molar-refractivity contribution is 5.85. The van der Waals surface area contributed by atoms with E-state index in [9.17, 15) is 4.39 Å². The number of anilines is 1. The quantitative estimate of drug-likeness (QED) is 0.924. The van der Waals surface area contributed by atoms with Crippen LogP contribution in [-0.4, -0.2) is 4.98 Å². The van der Waals surface area contributed by atoms with Crippen molar-refractivity contribution in [3.05, 3.63) is 59.7 Å². The van der Waals surface area contributed by atoms with Gasteiger partial charge in [0, 0.05) is 24.6 Å². The molecule has 2 aromatic rings. The molecule has 0 bridgehead atoms. The van der Waals surface area contributed by atoms with Crippen LogP contribution >= 0.6 is 24.8 Å². The summed E-state index contributed by atoms with van der Waals surface area (Å²) in [6, 6.07) is 9.00. The van der Waals surface area contributed by atoms with E-state index in [2.05, 4.69) is 10.3 Å². The van der Waals surface area contributed by atoms with E-state index >= 15 is 0 Å². The second kappa shape index (κ2) is 7.90. The topological polar surface area (TPSA) is 24.9 Å². The van der Waals surface area contributed by atoms with Crippen molar-refractivity contribution in [2.45, 2.75) is 13.5 Å². The number of hydrogen-bond donors (Lipinski definition) is 1. The van der Waals surface area contributed by atoms with Crippen LogP contribution in [-0.2, 0) is 6.54 Å². The highest BCUT2D eigenvalue weighted by Gasteiger charge is 1.99. The van der Waals surface area contributed by atoms with Crippen molar-refractivity contribution in [3.63, 3.8) is 0 Å². The first kappa shape index (κ1) is 16.7. The Balaban J connectivity index is 0.00000144. The number of hydrogen-bond acceptors (Lipinski definition) is 2. The number of nitrogens with zero attached hydrogens (tertiary/aromatic N) is 1. The van der Waals surface area contributed by atoms with E-state index in [1.54, 1.807) is 25.4 Å². The molecule has 1 heterocycles. The van der Waals surface area contributed by atoms with E-state index in [4.69, 9.17) is 0 Å². The SMILES string of the molecule is Cc1ccc(NCc2cccnc2)cc1F.Cl.Cl. The maximum atomic E-state index is 13.3. The van der Waals surface area contributed by atoms with Crippen molar-refractivity contribution in [1.29, 1.82) is 0 Å². The highest BCUT2D eigenvalue weighted by atomic mass is 35.5. The van der Waals surface area contributed by atoms with Crippen LogP contribution in [0.2, 0.25) is 0 Å². The molecule has 0 atom stereocenters. The Morgan fingerprint density at radius 3 is 2.61 bits per heavy atom. The van der Waals surface area contributed by atoms with Gasteiger partial charge in [0.2, 0.25) is 0 Å². The van der Waals surface area contributed by atoms with E-state index < -0.39 is 0 Å². The molecule has 0 unspecified atom stereocenters. The average Bonchev–Trinajstić information content (AvgIpc) is 2.32. The smallest absolute Gasteiger partial charge is 0.128 e. The van der Waals surface area contributed by atoms with Crippen LogP contribution in [0.3, 0.4) is 0 Å². The standard InChI is InChI=1S/C13H13FN2.2ClH/c1-10-4-5-12(7-13(10)14)16-9-11-3-2-6-15-8-11;;/h2-8,16H,9H2,1H3;2*1H. The summed E-state index contributed by atoms with van der Waals surface area (Å²) in [4.78, 5) is 4.01. The molecule has 0 aliphatic carbocycles. The lowest BCUT2D eigenvalue weighted by molar-refractivity contribution is 0.619. The van der Waals surface area contributed by atoms with E-state index in [1.165, 1.54) is 6.07 Å². The minimum absolute atomic E-state index is 0. The van der Waals surface area contributed by atoms with Gasteiger partial charge in [0.1, 0.15) is 5.82 Å². The van der Waals surface area contributed by atoms with Gasteiger partial charge in [-0.2, -0.15) is 0 Å². The molecule has 0 aliphatic rings. The van der Waals surface area contributed by atoms with Crippen molar-refractivity contribution in [3.8, 4) is 0 Å².